The molecule has 1 aliphatic heterocycles. The molecule has 1 saturated heterocycles. The van der Waals surface area contributed by atoms with Crippen molar-refractivity contribution in [2.24, 2.45) is 0 Å². The number of hydrazine groups is 1. The van der Waals surface area contributed by atoms with Crippen molar-refractivity contribution in [1.29, 1.82) is 0 Å². The Balaban J connectivity index is 1.75. The van der Waals surface area contributed by atoms with Gasteiger partial charge in [0.15, 0.2) is 6.10 Å². The lowest BCUT2D eigenvalue weighted by atomic mass is 10.1. The van der Waals surface area contributed by atoms with Crippen LogP contribution in [0.3, 0.4) is 0 Å². The van der Waals surface area contributed by atoms with E-state index in [0.29, 0.717) is 5.75 Å². The summed E-state index contributed by atoms with van der Waals surface area (Å²) in [5.41, 5.74) is 6.53. The van der Waals surface area contributed by atoms with Gasteiger partial charge < -0.3 is 10.1 Å². The minimum absolute atomic E-state index is 0.0368. The molecule has 0 aliphatic carbocycles. The first-order valence-electron chi connectivity index (χ1n) is 8.21. The lowest BCUT2D eigenvalue weighted by Crippen LogP contribution is -2.47. The van der Waals surface area contributed by atoms with Crippen molar-refractivity contribution >= 4 is 23.8 Å². The average molecular weight is 362 g/mol. The van der Waals surface area contributed by atoms with Gasteiger partial charge in [-0.1, -0.05) is 12.1 Å². The highest BCUT2D eigenvalue weighted by Crippen LogP contribution is 2.21. The van der Waals surface area contributed by atoms with Crippen LogP contribution < -0.4 is 26.2 Å². The van der Waals surface area contributed by atoms with Gasteiger partial charge in [0.1, 0.15) is 11.8 Å². The van der Waals surface area contributed by atoms with Crippen molar-refractivity contribution in [3.05, 3.63) is 29.3 Å². The number of aryl methyl sites for hydroxylation is 1. The molecular weight excluding hydrogens is 340 g/mol. The summed E-state index contributed by atoms with van der Waals surface area (Å²) in [6.07, 6.45) is -0.714. The molecule has 0 aromatic heterocycles. The van der Waals surface area contributed by atoms with Crippen LogP contribution >= 0.6 is 0 Å². The second kappa shape index (κ2) is 8.32. The van der Waals surface area contributed by atoms with Crippen molar-refractivity contribution in [2.75, 3.05) is 0 Å². The van der Waals surface area contributed by atoms with E-state index in [-0.39, 0.29) is 12.8 Å². The predicted molar refractivity (Wildman–Crippen MR) is 92.0 cm³/mol. The zero-order valence-corrected chi connectivity index (χ0v) is 14.8. The van der Waals surface area contributed by atoms with E-state index in [4.69, 9.17) is 4.74 Å². The number of rotatable bonds is 6. The fourth-order valence-corrected chi connectivity index (χ4v) is 2.33. The second-order valence-corrected chi connectivity index (χ2v) is 6.05. The molecule has 0 spiro atoms. The Hall–Kier alpha value is -3.10. The van der Waals surface area contributed by atoms with Crippen LogP contribution in [0.4, 0.5) is 4.79 Å². The summed E-state index contributed by atoms with van der Waals surface area (Å²) in [7, 11) is 0. The first-order chi connectivity index (χ1) is 12.3. The number of urea groups is 1. The van der Waals surface area contributed by atoms with E-state index in [1.54, 1.807) is 13.0 Å². The number of hydrogen-bond acceptors (Lipinski definition) is 5. The van der Waals surface area contributed by atoms with E-state index in [1.165, 1.54) is 0 Å². The van der Waals surface area contributed by atoms with E-state index in [1.807, 2.05) is 26.0 Å². The minimum atomic E-state index is -0.810. The molecule has 1 heterocycles. The number of imide groups is 1. The summed E-state index contributed by atoms with van der Waals surface area (Å²) in [5, 5.41) is 4.47. The van der Waals surface area contributed by atoms with Gasteiger partial charge in [-0.25, -0.2) is 4.79 Å². The molecule has 5 amide bonds. The molecule has 9 nitrogen and oxygen atoms in total. The van der Waals surface area contributed by atoms with Crippen molar-refractivity contribution < 1.29 is 23.9 Å². The topological polar surface area (TPSA) is 126 Å². The van der Waals surface area contributed by atoms with Crippen LogP contribution in [-0.4, -0.2) is 35.9 Å². The maximum Gasteiger partial charge on any atom is 0.322 e. The Morgan fingerprint density at radius 1 is 1.23 bits per heavy atom. The molecule has 2 atom stereocenters. The van der Waals surface area contributed by atoms with E-state index in [0.717, 1.165) is 11.1 Å². The quantitative estimate of drug-likeness (QED) is 0.425. The Morgan fingerprint density at radius 2 is 1.96 bits per heavy atom. The number of ether oxygens (including phenoxy) is 1. The van der Waals surface area contributed by atoms with Crippen LogP contribution in [0, 0.1) is 13.8 Å². The molecule has 0 bridgehead atoms. The molecule has 4 N–H and O–H groups in total. The summed E-state index contributed by atoms with van der Waals surface area (Å²) >= 11 is 0. The number of benzene rings is 1. The van der Waals surface area contributed by atoms with Gasteiger partial charge in [-0.2, -0.15) is 0 Å². The average Bonchev–Trinajstić information content (AvgIpc) is 2.92. The summed E-state index contributed by atoms with van der Waals surface area (Å²) < 4.78 is 5.62. The summed E-state index contributed by atoms with van der Waals surface area (Å²) in [4.78, 5) is 46.1. The van der Waals surface area contributed by atoms with Gasteiger partial charge in [0.05, 0.1) is 0 Å². The molecular formula is C17H22N4O5. The fourth-order valence-electron chi connectivity index (χ4n) is 2.33. The first kappa shape index (κ1) is 19.2. The van der Waals surface area contributed by atoms with Crippen molar-refractivity contribution in [3.8, 4) is 5.75 Å². The Labute approximate surface area is 150 Å². The molecule has 9 heteroatoms. The number of carbonyl (C=O) groups excluding carboxylic acids is 4. The number of nitrogens with one attached hydrogen (secondary N) is 4. The van der Waals surface area contributed by atoms with Gasteiger partial charge in [0.2, 0.25) is 5.91 Å². The number of amides is 5. The number of carbonyl (C=O) groups is 4. The third kappa shape index (κ3) is 4.95. The van der Waals surface area contributed by atoms with Gasteiger partial charge in [0.25, 0.3) is 11.8 Å². The SMILES string of the molecule is Cc1cccc(OC(C)C(=O)NNC(=O)CCC2NC(=O)NC2=O)c1C. The normalized spacial score (nSPS) is 17.1. The van der Waals surface area contributed by atoms with E-state index < -0.39 is 35.9 Å². The van der Waals surface area contributed by atoms with Gasteiger partial charge in [-0.3, -0.25) is 30.6 Å². The molecule has 2 unspecified atom stereocenters. The maximum absolute atomic E-state index is 12.0. The molecule has 1 fully saturated rings. The Kier molecular flexibility index (Phi) is 6.16. The van der Waals surface area contributed by atoms with Crippen molar-refractivity contribution in [3.63, 3.8) is 0 Å². The van der Waals surface area contributed by atoms with Crippen LogP contribution in [0.15, 0.2) is 18.2 Å². The van der Waals surface area contributed by atoms with Crippen LogP contribution in [0.1, 0.15) is 30.9 Å². The third-order valence-electron chi connectivity index (χ3n) is 4.07. The molecule has 0 saturated carbocycles. The largest absolute Gasteiger partial charge is 0.481 e. The fraction of sp³-hybridized carbons (Fsp3) is 0.412. The second-order valence-electron chi connectivity index (χ2n) is 6.05. The Morgan fingerprint density at radius 3 is 2.62 bits per heavy atom. The Bertz CT molecular complexity index is 734. The molecule has 0 radical (unpaired) electrons. The lowest BCUT2D eigenvalue weighted by Gasteiger charge is -2.17. The number of hydrogen-bond donors (Lipinski definition) is 4. The highest BCUT2D eigenvalue weighted by Gasteiger charge is 2.29. The molecule has 140 valence electrons. The van der Waals surface area contributed by atoms with Gasteiger partial charge >= 0.3 is 6.03 Å². The molecule has 26 heavy (non-hydrogen) atoms. The van der Waals surface area contributed by atoms with Crippen LogP contribution in [0.2, 0.25) is 0 Å². The van der Waals surface area contributed by atoms with E-state index >= 15 is 0 Å². The minimum Gasteiger partial charge on any atom is -0.481 e. The summed E-state index contributed by atoms with van der Waals surface area (Å²) in [6.45, 7) is 5.41. The smallest absolute Gasteiger partial charge is 0.322 e. The third-order valence-corrected chi connectivity index (χ3v) is 4.07. The molecule has 1 aromatic rings. The van der Waals surface area contributed by atoms with Crippen molar-refractivity contribution in [1.82, 2.24) is 21.5 Å². The van der Waals surface area contributed by atoms with Crippen molar-refractivity contribution in [2.45, 2.75) is 45.8 Å². The van der Waals surface area contributed by atoms with Gasteiger partial charge in [0, 0.05) is 6.42 Å². The standard InChI is InChI=1S/C17H22N4O5/c1-9-5-4-6-13(10(9)2)26-11(3)15(23)21-20-14(22)8-7-12-16(24)19-17(25)18-12/h4-6,11-12H,7-8H2,1-3H3,(H,20,22)(H,21,23)(H2,18,19,24,25). The molecule has 1 aromatic carbocycles. The lowest BCUT2D eigenvalue weighted by molar-refractivity contribution is -0.133. The molecule has 1 aliphatic rings. The van der Waals surface area contributed by atoms with Crippen LogP contribution in [0.5, 0.6) is 5.75 Å². The first-order valence-corrected chi connectivity index (χ1v) is 8.21. The van der Waals surface area contributed by atoms with Gasteiger partial charge in [-0.15, -0.1) is 0 Å². The highest BCUT2D eigenvalue weighted by atomic mass is 16.5. The summed E-state index contributed by atoms with van der Waals surface area (Å²) in [5.74, 6) is -0.859. The predicted octanol–water partition coefficient (Wildman–Crippen LogP) is 0.206. The van der Waals surface area contributed by atoms with E-state index in [2.05, 4.69) is 21.5 Å². The van der Waals surface area contributed by atoms with Crippen LogP contribution in [0.25, 0.3) is 0 Å². The zero-order valence-electron chi connectivity index (χ0n) is 14.8. The van der Waals surface area contributed by atoms with Crippen LogP contribution in [-0.2, 0) is 14.4 Å². The van der Waals surface area contributed by atoms with E-state index in [9.17, 15) is 19.2 Å². The highest BCUT2D eigenvalue weighted by molar-refractivity contribution is 6.04. The molecule has 2 rings (SSSR count). The van der Waals surface area contributed by atoms with Gasteiger partial charge in [-0.05, 0) is 44.4 Å². The maximum atomic E-state index is 12.0. The summed E-state index contributed by atoms with van der Waals surface area (Å²) in [6, 6.07) is 4.23. The monoisotopic (exact) mass is 362 g/mol. The zero-order chi connectivity index (χ0) is 19.3.